The van der Waals surface area contributed by atoms with Crippen LogP contribution in [0, 0.1) is 13.8 Å². The maximum Gasteiger partial charge on any atom is 0.255 e. The van der Waals surface area contributed by atoms with Crippen molar-refractivity contribution in [2.75, 3.05) is 40.9 Å². The van der Waals surface area contributed by atoms with E-state index in [0.29, 0.717) is 11.3 Å². The highest BCUT2D eigenvalue weighted by Crippen LogP contribution is 2.24. The van der Waals surface area contributed by atoms with Gasteiger partial charge in [-0.15, -0.1) is 0 Å². The molecule has 0 saturated carbocycles. The Kier molecular flexibility index (Phi) is 6.87. The van der Waals surface area contributed by atoms with Crippen molar-refractivity contribution in [2.24, 2.45) is 0 Å². The van der Waals surface area contributed by atoms with Gasteiger partial charge in [-0.05, 0) is 48.7 Å². The Labute approximate surface area is 177 Å². The highest BCUT2D eigenvalue weighted by atomic mass is 32.2. The second-order valence-electron chi connectivity index (χ2n) is 7.34. The maximum atomic E-state index is 12.8. The van der Waals surface area contributed by atoms with Crippen LogP contribution in [-0.2, 0) is 16.6 Å². The lowest BCUT2D eigenvalue weighted by Crippen LogP contribution is -2.32. The fourth-order valence-electron chi connectivity index (χ4n) is 3.26. The lowest BCUT2D eigenvalue weighted by Gasteiger charge is -2.27. The molecule has 3 rings (SSSR count). The van der Waals surface area contributed by atoms with Gasteiger partial charge in [-0.25, -0.2) is 8.42 Å². The summed E-state index contributed by atoms with van der Waals surface area (Å²) in [7, 11) is -3.42. The maximum absolute atomic E-state index is 12.8. The van der Waals surface area contributed by atoms with Crippen molar-refractivity contribution < 1.29 is 13.2 Å². The first-order valence-corrected chi connectivity index (χ1v) is 12.6. The highest BCUT2D eigenvalue weighted by molar-refractivity contribution is 7.99. The lowest BCUT2D eigenvalue weighted by atomic mass is 10.0. The third kappa shape index (κ3) is 5.98. The van der Waals surface area contributed by atoms with Crippen molar-refractivity contribution in [3.05, 3.63) is 58.7 Å². The summed E-state index contributed by atoms with van der Waals surface area (Å²) in [6.07, 6.45) is 1.09. The standard InChI is InChI=1S/C21H27N3O3S2/c1-15-7-8-17(13-20(15)23-29(3,26)27)21(25)22-19-6-4-5-18(16(19)2)14-24-9-11-28-12-10-24/h4-8,13,23H,9-12,14H2,1-3H3,(H,22,25). The van der Waals surface area contributed by atoms with E-state index in [1.807, 2.05) is 30.8 Å². The number of carbonyl (C=O) groups excluding carboxylic acids is 1. The molecule has 0 spiro atoms. The zero-order chi connectivity index (χ0) is 21.0. The van der Waals surface area contributed by atoms with Gasteiger partial charge in [-0.2, -0.15) is 11.8 Å². The molecule has 0 unspecified atom stereocenters. The van der Waals surface area contributed by atoms with E-state index < -0.39 is 10.0 Å². The molecule has 0 radical (unpaired) electrons. The smallest absolute Gasteiger partial charge is 0.255 e. The molecule has 1 fully saturated rings. The van der Waals surface area contributed by atoms with Crippen molar-refractivity contribution >= 4 is 39.1 Å². The zero-order valence-corrected chi connectivity index (χ0v) is 18.6. The Balaban J connectivity index is 1.77. The van der Waals surface area contributed by atoms with E-state index in [0.717, 1.165) is 54.2 Å². The molecule has 1 amide bonds. The quantitative estimate of drug-likeness (QED) is 0.729. The Hall–Kier alpha value is -2.03. The van der Waals surface area contributed by atoms with Crippen LogP contribution in [0.4, 0.5) is 11.4 Å². The summed E-state index contributed by atoms with van der Waals surface area (Å²) in [5.74, 6) is 2.05. The first-order chi connectivity index (χ1) is 13.7. The van der Waals surface area contributed by atoms with Crippen molar-refractivity contribution in [3.63, 3.8) is 0 Å². The van der Waals surface area contributed by atoms with Gasteiger partial charge >= 0.3 is 0 Å². The number of sulfonamides is 1. The van der Waals surface area contributed by atoms with E-state index in [1.54, 1.807) is 25.1 Å². The van der Waals surface area contributed by atoms with Gasteiger partial charge in [0.05, 0.1) is 11.9 Å². The van der Waals surface area contributed by atoms with Crippen LogP contribution < -0.4 is 10.0 Å². The third-order valence-electron chi connectivity index (χ3n) is 4.99. The Morgan fingerprint density at radius 1 is 1.10 bits per heavy atom. The average molecular weight is 434 g/mol. The topological polar surface area (TPSA) is 78.5 Å². The first kappa shape index (κ1) is 21.7. The largest absolute Gasteiger partial charge is 0.322 e. The predicted molar refractivity (Wildman–Crippen MR) is 121 cm³/mol. The van der Waals surface area contributed by atoms with Gasteiger partial charge in [-0.3, -0.25) is 14.4 Å². The van der Waals surface area contributed by atoms with Crippen LogP contribution in [0.2, 0.25) is 0 Å². The summed E-state index contributed by atoms with van der Waals surface area (Å²) in [6.45, 7) is 6.86. The number of benzene rings is 2. The molecule has 2 aromatic carbocycles. The van der Waals surface area contributed by atoms with E-state index in [4.69, 9.17) is 0 Å². The number of thioether (sulfide) groups is 1. The minimum absolute atomic E-state index is 0.267. The molecule has 1 saturated heterocycles. The number of anilines is 2. The highest BCUT2D eigenvalue weighted by Gasteiger charge is 2.15. The monoisotopic (exact) mass is 433 g/mol. The molecule has 0 aromatic heterocycles. The van der Waals surface area contributed by atoms with E-state index in [1.165, 1.54) is 5.56 Å². The van der Waals surface area contributed by atoms with Crippen LogP contribution in [0.25, 0.3) is 0 Å². The number of hydrogen-bond donors (Lipinski definition) is 2. The molecular weight excluding hydrogens is 406 g/mol. The van der Waals surface area contributed by atoms with Crippen LogP contribution >= 0.6 is 11.8 Å². The number of nitrogens with zero attached hydrogens (tertiary/aromatic N) is 1. The molecule has 0 atom stereocenters. The summed E-state index contributed by atoms with van der Waals surface area (Å²) in [5, 5.41) is 2.97. The summed E-state index contributed by atoms with van der Waals surface area (Å²) in [4.78, 5) is 15.2. The van der Waals surface area contributed by atoms with Gasteiger partial charge in [0.2, 0.25) is 10.0 Å². The van der Waals surface area contributed by atoms with Gasteiger partial charge in [0.15, 0.2) is 0 Å². The second-order valence-corrected chi connectivity index (χ2v) is 10.3. The molecule has 0 bridgehead atoms. The molecule has 1 aliphatic rings. The SMILES string of the molecule is Cc1ccc(C(=O)Nc2cccc(CN3CCSCC3)c2C)cc1NS(C)(=O)=O. The summed E-state index contributed by atoms with van der Waals surface area (Å²) < 4.78 is 25.6. The number of hydrogen-bond acceptors (Lipinski definition) is 5. The fourth-order valence-corrected chi connectivity index (χ4v) is 4.86. The van der Waals surface area contributed by atoms with E-state index in [2.05, 4.69) is 21.0 Å². The number of nitrogens with one attached hydrogen (secondary N) is 2. The molecule has 156 valence electrons. The van der Waals surface area contributed by atoms with E-state index in [9.17, 15) is 13.2 Å². The van der Waals surface area contributed by atoms with Gasteiger partial charge < -0.3 is 5.32 Å². The number of aryl methyl sites for hydroxylation is 1. The molecule has 29 heavy (non-hydrogen) atoms. The normalized spacial score (nSPS) is 15.1. The van der Waals surface area contributed by atoms with Crippen molar-refractivity contribution in [1.82, 2.24) is 4.90 Å². The first-order valence-electron chi connectivity index (χ1n) is 9.51. The molecule has 8 heteroatoms. The Bertz CT molecular complexity index is 1000. The number of carbonyl (C=O) groups is 1. The van der Waals surface area contributed by atoms with Crippen LogP contribution in [0.5, 0.6) is 0 Å². The van der Waals surface area contributed by atoms with E-state index in [-0.39, 0.29) is 5.91 Å². The van der Waals surface area contributed by atoms with Crippen LogP contribution in [0.1, 0.15) is 27.0 Å². The Morgan fingerprint density at radius 3 is 2.52 bits per heavy atom. The molecule has 1 heterocycles. The summed E-state index contributed by atoms with van der Waals surface area (Å²) in [6, 6.07) is 11.0. The predicted octanol–water partition coefficient (Wildman–Crippen LogP) is 3.48. The van der Waals surface area contributed by atoms with Crippen molar-refractivity contribution in [3.8, 4) is 0 Å². The van der Waals surface area contributed by atoms with Crippen molar-refractivity contribution in [1.29, 1.82) is 0 Å². The summed E-state index contributed by atoms with van der Waals surface area (Å²) in [5.41, 5.74) is 4.61. The molecule has 2 N–H and O–H groups in total. The van der Waals surface area contributed by atoms with Crippen molar-refractivity contribution in [2.45, 2.75) is 20.4 Å². The third-order valence-corrected chi connectivity index (χ3v) is 6.52. The molecule has 1 aliphatic heterocycles. The lowest BCUT2D eigenvalue weighted by molar-refractivity contribution is 0.102. The number of amides is 1. The Morgan fingerprint density at radius 2 is 1.83 bits per heavy atom. The van der Waals surface area contributed by atoms with Crippen LogP contribution in [0.3, 0.4) is 0 Å². The van der Waals surface area contributed by atoms with E-state index >= 15 is 0 Å². The zero-order valence-electron chi connectivity index (χ0n) is 17.0. The molecule has 0 aliphatic carbocycles. The fraction of sp³-hybridized carbons (Fsp3) is 0.381. The molecular formula is C21H27N3O3S2. The van der Waals surface area contributed by atoms with Gasteiger partial charge in [0, 0.05) is 42.4 Å². The second kappa shape index (κ2) is 9.19. The minimum atomic E-state index is -3.42. The van der Waals surface area contributed by atoms with Gasteiger partial charge in [0.25, 0.3) is 5.91 Å². The average Bonchev–Trinajstić information content (AvgIpc) is 2.66. The van der Waals surface area contributed by atoms with Gasteiger partial charge in [-0.1, -0.05) is 18.2 Å². The van der Waals surface area contributed by atoms with Gasteiger partial charge in [0.1, 0.15) is 0 Å². The number of rotatable bonds is 6. The molecule has 2 aromatic rings. The molecule has 6 nitrogen and oxygen atoms in total. The minimum Gasteiger partial charge on any atom is -0.322 e. The van der Waals surface area contributed by atoms with Crippen LogP contribution in [0.15, 0.2) is 36.4 Å². The van der Waals surface area contributed by atoms with Crippen LogP contribution in [-0.4, -0.2) is 50.1 Å². The summed E-state index contributed by atoms with van der Waals surface area (Å²) >= 11 is 1.99.